The largest absolute Gasteiger partial charge is 0.481 e. The molecule has 0 atom stereocenters. The van der Waals surface area contributed by atoms with E-state index in [9.17, 15) is 18.7 Å². The molecule has 1 aliphatic carbocycles. The van der Waals surface area contributed by atoms with Crippen LogP contribution in [0.5, 0.6) is 11.5 Å². The maximum Gasteiger partial charge on any atom is 0.307 e. The maximum absolute atomic E-state index is 13.8. The van der Waals surface area contributed by atoms with Gasteiger partial charge in [0.1, 0.15) is 23.1 Å². The van der Waals surface area contributed by atoms with Crippen LogP contribution in [0.3, 0.4) is 0 Å². The molecule has 1 N–H and O–H groups in total. The first-order valence-electron chi connectivity index (χ1n) is 9.48. The van der Waals surface area contributed by atoms with E-state index in [0.717, 1.165) is 22.3 Å². The van der Waals surface area contributed by atoms with Crippen molar-refractivity contribution in [3.63, 3.8) is 0 Å². The Kier molecular flexibility index (Phi) is 5.74. The van der Waals surface area contributed by atoms with Crippen LogP contribution in [0.1, 0.15) is 30.0 Å². The summed E-state index contributed by atoms with van der Waals surface area (Å²) >= 11 is 3.28. The molecule has 0 unspecified atom stereocenters. The predicted octanol–water partition coefficient (Wildman–Crippen LogP) is 7.32. The second kappa shape index (κ2) is 8.47. The van der Waals surface area contributed by atoms with Crippen molar-refractivity contribution >= 4 is 39.1 Å². The Hall–Kier alpha value is -3.25. The van der Waals surface area contributed by atoms with Gasteiger partial charge in [0.05, 0.1) is 10.9 Å². The van der Waals surface area contributed by atoms with Crippen molar-refractivity contribution in [1.82, 2.24) is 0 Å². The van der Waals surface area contributed by atoms with E-state index in [0.29, 0.717) is 27.1 Å². The summed E-state index contributed by atoms with van der Waals surface area (Å²) in [6.45, 7) is 1.85. The summed E-state index contributed by atoms with van der Waals surface area (Å²) in [6.07, 6.45) is 1.78. The van der Waals surface area contributed by atoms with E-state index < -0.39 is 11.8 Å². The summed E-state index contributed by atoms with van der Waals surface area (Å²) < 4.78 is 33.3. The minimum atomic E-state index is -0.959. The second-order valence-corrected chi connectivity index (χ2v) is 8.02. The third-order valence-electron chi connectivity index (χ3n) is 5.09. The average Bonchev–Trinajstić information content (AvgIpc) is 2.96. The molecular formula is C25H17BrF2O3. The molecule has 4 rings (SSSR count). The molecule has 31 heavy (non-hydrogen) atoms. The highest BCUT2D eigenvalue weighted by atomic mass is 79.9. The first-order chi connectivity index (χ1) is 14.8. The van der Waals surface area contributed by atoms with Crippen LogP contribution in [0.4, 0.5) is 8.78 Å². The van der Waals surface area contributed by atoms with Crippen LogP contribution in [-0.2, 0) is 4.79 Å². The van der Waals surface area contributed by atoms with Crippen LogP contribution in [0.15, 0.2) is 70.7 Å². The Labute approximate surface area is 186 Å². The second-order valence-electron chi connectivity index (χ2n) is 7.17. The number of ether oxygens (including phenoxy) is 1. The van der Waals surface area contributed by atoms with Gasteiger partial charge in [0.15, 0.2) is 0 Å². The van der Waals surface area contributed by atoms with Crippen LogP contribution < -0.4 is 4.74 Å². The molecule has 0 aliphatic heterocycles. The maximum atomic E-state index is 13.8. The Morgan fingerprint density at radius 3 is 2.35 bits per heavy atom. The SMILES string of the molecule is CC1=C(CC(=O)O)c2cc(F)ccc2/C1=C\c1ccc(Oc2ccc(F)cc2Br)cc1. The Balaban J connectivity index is 1.65. The Morgan fingerprint density at radius 1 is 1.00 bits per heavy atom. The predicted molar refractivity (Wildman–Crippen MR) is 120 cm³/mol. The topological polar surface area (TPSA) is 46.5 Å². The van der Waals surface area contributed by atoms with Crippen molar-refractivity contribution in [2.45, 2.75) is 13.3 Å². The van der Waals surface area contributed by atoms with Gasteiger partial charge in [0.2, 0.25) is 0 Å². The smallest absolute Gasteiger partial charge is 0.307 e. The summed E-state index contributed by atoms with van der Waals surface area (Å²) in [7, 11) is 0. The standard InChI is InChI=1S/C25H17BrF2O3/c1-14-20(19-8-4-16(27)11-22(19)21(14)13-25(29)30)10-15-2-6-18(7-3-15)31-24-9-5-17(28)12-23(24)26/h2-12H,13H2,1H3,(H,29,30)/b20-10-. The molecule has 3 nitrogen and oxygen atoms in total. The van der Waals surface area contributed by atoms with E-state index >= 15 is 0 Å². The van der Waals surface area contributed by atoms with Gasteiger partial charge in [-0.15, -0.1) is 0 Å². The number of allylic oxidation sites excluding steroid dienone is 2. The van der Waals surface area contributed by atoms with Gasteiger partial charge < -0.3 is 9.84 Å². The van der Waals surface area contributed by atoms with Gasteiger partial charge in [-0.3, -0.25) is 4.79 Å². The average molecular weight is 483 g/mol. The third-order valence-corrected chi connectivity index (χ3v) is 5.71. The normalized spacial score (nSPS) is 14.1. The number of carbonyl (C=O) groups is 1. The number of halogens is 3. The number of carboxylic acid groups (broad SMARTS) is 1. The number of aliphatic carboxylic acids is 1. The third kappa shape index (κ3) is 4.44. The van der Waals surface area contributed by atoms with Crippen LogP contribution in [0.2, 0.25) is 0 Å². The fraction of sp³-hybridized carbons (Fsp3) is 0.0800. The molecule has 0 saturated heterocycles. The van der Waals surface area contributed by atoms with Gasteiger partial charge in [-0.25, -0.2) is 8.78 Å². The zero-order valence-electron chi connectivity index (χ0n) is 16.5. The van der Waals surface area contributed by atoms with Crippen LogP contribution in [-0.4, -0.2) is 11.1 Å². The van der Waals surface area contributed by atoms with Gasteiger partial charge in [-0.1, -0.05) is 18.2 Å². The highest BCUT2D eigenvalue weighted by Crippen LogP contribution is 2.44. The van der Waals surface area contributed by atoms with Crippen LogP contribution in [0.25, 0.3) is 17.2 Å². The molecule has 3 aromatic carbocycles. The summed E-state index contributed by atoms with van der Waals surface area (Å²) in [5.74, 6) is -0.634. The van der Waals surface area contributed by atoms with E-state index in [2.05, 4.69) is 15.9 Å². The first kappa shape index (κ1) is 21.0. The zero-order chi connectivity index (χ0) is 22.1. The molecule has 156 valence electrons. The number of hydrogen-bond acceptors (Lipinski definition) is 2. The van der Waals surface area contributed by atoms with E-state index in [-0.39, 0.29) is 12.2 Å². The van der Waals surface area contributed by atoms with Crippen molar-refractivity contribution in [2.24, 2.45) is 0 Å². The van der Waals surface area contributed by atoms with E-state index in [1.165, 1.54) is 24.3 Å². The molecule has 0 amide bonds. The minimum Gasteiger partial charge on any atom is -0.481 e. The molecule has 0 spiro atoms. The molecule has 0 heterocycles. The van der Waals surface area contributed by atoms with Crippen molar-refractivity contribution in [3.8, 4) is 11.5 Å². The summed E-state index contributed by atoms with van der Waals surface area (Å²) in [5.41, 5.74) is 4.61. The highest BCUT2D eigenvalue weighted by molar-refractivity contribution is 9.10. The van der Waals surface area contributed by atoms with Crippen molar-refractivity contribution in [1.29, 1.82) is 0 Å². The first-order valence-corrected chi connectivity index (χ1v) is 10.3. The van der Waals surface area contributed by atoms with Crippen molar-refractivity contribution in [2.75, 3.05) is 0 Å². The van der Waals surface area contributed by atoms with Gasteiger partial charge >= 0.3 is 5.97 Å². The molecule has 0 saturated carbocycles. The van der Waals surface area contributed by atoms with Crippen LogP contribution in [0, 0.1) is 11.6 Å². The molecule has 0 radical (unpaired) electrons. The fourth-order valence-corrected chi connectivity index (χ4v) is 4.05. The van der Waals surface area contributed by atoms with Gasteiger partial charge in [0, 0.05) is 0 Å². The highest BCUT2D eigenvalue weighted by Gasteiger charge is 2.25. The monoisotopic (exact) mass is 482 g/mol. The number of fused-ring (bicyclic) bond motifs is 1. The molecule has 3 aromatic rings. The number of rotatable bonds is 5. The molecule has 0 bridgehead atoms. The lowest BCUT2D eigenvalue weighted by atomic mass is 10.0. The lowest BCUT2D eigenvalue weighted by Crippen LogP contribution is -1.97. The summed E-state index contributed by atoms with van der Waals surface area (Å²) in [5, 5.41) is 9.26. The molecule has 0 fully saturated rings. The molecule has 6 heteroatoms. The van der Waals surface area contributed by atoms with E-state index in [1.807, 2.05) is 25.1 Å². The Morgan fingerprint density at radius 2 is 1.68 bits per heavy atom. The van der Waals surface area contributed by atoms with Crippen molar-refractivity contribution in [3.05, 3.63) is 99.0 Å². The molecule has 0 aromatic heterocycles. The molecule has 1 aliphatic rings. The van der Waals surface area contributed by atoms with E-state index in [4.69, 9.17) is 4.74 Å². The lowest BCUT2D eigenvalue weighted by molar-refractivity contribution is -0.135. The lowest BCUT2D eigenvalue weighted by Gasteiger charge is -2.09. The summed E-state index contributed by atoms with van der Waals surface area (Å²) in [4.78, 5) is 11.3. The minimum absolute atomic E-state index is 0.168. The number of hydrogen-bond donors (Lipinski definition) is 1. The number of carboxylic acids is 1. The molecular weight excluding hydrogens is 466 g/mol. The Bertz CT molecular complexity index is 1240. The van der Waals surface area contributed by atoms with Crippen molar-refractivity contribution < 1.29 is 23.4 Å². The summed E-state index contributed by atoms with van der Waals surface area (Å²) in [6, 6.07) is 16.0. The van der Waals surface area contributed by atoms with Crippen LogP contribution >= 0.6 is 15.9 Å². The zero-order valence-corrected chi connectivity index (χ0v) is 18.0. The quantitative estimate of drug-likeness (QED) is 0.414. The van der Waals surface area contributed by atoms with Gasteiger partial charge in [-0.2, -0.15) is 0 Å². The number of benzene rings is 3. The van der Waals surface area contributed by atoms with Gasteiger partial charge in [0.25, 0.3) is 0 Å². The van der Waals surface area contributed by atoms with Gasteiger partial charge in [-0.05, 0) is 105 Å². The fourth-order valence-electron chi connectivity index (χ4n) is 3.62. The van der Waals surface area contributed by atoms with E-state index in [1.54, 1.807) is 24.3 Å².